The lowest BCUT2D eigenvalue weighted by Crippen LogP contribution is -2.00. The van der Waals surface area contributed by atoms with Gasteiger partial charge < -0.3 is 5.32 Å². The standard InChI is InChI=1S/C7H10ClN3S/c1-2-3-4-5-9-7-6(8)10-12-11-7/h2-3H,4-5H2,1H3,(H,9,11)/b3-2+. The van der Waals surface area contributed by atoms with Crippen LogP contribution < -0.4 is 5.32 Å². The first-order valence-corrected chi connectivity index (χ1v) is 4.78. The van der Waals surface area contributed by atoms with Crippen LogP contribution in [-0.4, -0.2) is 15.3 Å². The summed E-state index contributed by atoms with van der Waals surface area (Å²) in [5.74, 6) is 0.686. The van der Waals surface area contributed by atoms with Gasteiger partial charge in [0.05, 0.1) is 11.7 Å². The van der Waals surface area contributed by atoms with Gasteiger partial charge >= 0.3 is 0 Å². The maximum atomic E-state index is 5.71. The van der Waals surface area contributed by atoms with Crippen LogP contribution in [-0.2, 0) is 0 Å². The van der Waals surface area contributed by atoms with Gasteiger partial charge in [-0.05, 0) is 13.3 Å². The molecule has 0 bridgehead atoms. The van der Waals surface area contributed by atoms with Gasteiger partial charge in [0.15, 0.2) is 11.0 Å². The van der Waals surface area contributed by atoms with Crippen LogP contribution in [0.3, 0.4) is 0 Å². The predicted octanol–water partition coefficient (Wildman–Crippen LogP) is 2.57. The molecule has 12 heavy (non-hydrogen) atoms. The van der Waals surface area contributed by atoms with Crippen LogP contribution in [0.1, 0.15) is 13.3 Å². The van der Waals surface area contributed by atoms with E-state index in [0.717, 1.165) is 24.7 Å². The molecule has 1 aromatic rings. The van der Waals surface area contributed by atoms with E-state index in [1.807, 2.05) is 13.0 Å². The van der Waals surface area contributed by atoms with E-state index in [1.165, 1.54) is 0 Å². The van der Waals surface area contributed by atoms with Crippen molar-refractivity contribution >= 4 is 29.1 Å². The first kappa shape index (κ1) is 9.48. The predicted molar refractivity (Wildman–Crippen MR) is 52.8 cm³/mol. The summed E-state index contributed by atoms with van der Waals surface area (Å²) in [6, 6.07) is 0. The van der Waals surface area contributed by atoms with Crippen molar-refractivity contribution in [1.29, 1.82) is 0 Å². The summed E-state index contributed by atoms with van der Waals surface area (Å²) in [6.07, 6.45) is 5.08. The Bertz CT molecular complexity index is 259. The van der Waals surface area contributed by atoms with E-state index in [9.17, 15) is 0 Å². The Morgan fingerprint density at radius 3 is 3.00 bits per heavy atom. The minimum absolute atomic E-state index is 0.459. The van der Waals surface area contributed by atoms with Gasteiger partial charge in [0.25, 0.3) is 0 Å². The first-order chi connectivity index (χ1) is 5.84. The fourth-order valence-electron chi connectivity index (χ4n) is 0.724. The summed E-state index contributed by atoms with van der Waals surface area (Å²) in [4.78, 5) is 0. The van der Waals surface area contributed by atoms with E-state index in [2.05, 4.69) is 20.1 Å². The molecular weight excluding hydrogens is 194 g/mol. The molecule has 0 radical (unpaired) electrons. The molecule has 0 aromatic carbocycles. The van der Waals surface area contributed by atoms with Crippen molar-refractivity contribution in [2.75, 3.05) is 11.9 Å². The molecule has 3 nitrogen and oxygen atoms in total. The van der Waals surface area contributed by atoms with E-state index >= 15 is 0 Å². The van der Waals surface area contributed by atoms with E-state index in [-0.39, 0.29) is 0 Å². The highest BCUT2D eigenvalue weighted by Crippen LogP contribution is 2.17. The molecule has 1 heterocycles. The fraction of sp³-hybridized carbons (Fsp3) is 0.429. The summed E-state index contributed by atoms with van der Waals surface area (Å²) < 4.78 is 7.81. The number of hydrogen-bond donors (Lipinski definition) is 1. The second-order valence-corrected chi connectivity index (χ2v) is 3.07. The number of nitrogens with zero attached hydrogens (tertiary/aromatic N) is 2. The Morgan fingerprint density at radius 2 is 2.42 bits per heavy atom. The van der Waals surface area contributed by atoms with Crippen molar-refractivity contribution in [3.05, 3.63) is 17.3 Å². The summed E-state index contributed by atoms with van der Waals surface area (Å²) in [7, 11) is 0. The number of aromatic nitrogens is 2. The molecule has 1 rings (SSSR count). The third kappa shape index (κ3) is 2.79. The first-order valence-electron chi connectivity index (χ1n) is 3.67. The van der Waals surface area contributed by atoms with Crippen molar-refractivity contribution in [3.8, 4) is 0 Å². The van der Waals surface area contributed by atoms with Gasteiger partial charge in [-0.2, -0.15) is 8.75 Å². The maximum Gasteiger partial charge on any atom is 0.186 e. The molecule has 0 saturated carbocycles. The van der Waals surface area contributed by atoms with Gasteiger partial charge in [-0.15, -0.1) is 0 Å². The number of nitrogens with one attached hydrogen (secondary N) is 1. The van der Waals surface area contributed by atoms with E-state index in [0.29, 0.717) is 11.0 Å². The summed E-state index contributed by atoms with van der Waals surface area (Å²) >= 11 is 6.83. The lowest BCUT2D eigenvalue weighted by molar-refractivity contribution is 1.05. The SMILES string of the molecule is C/C=C/CCNc1nsnc1Cl. The number of rotatable bonds is 4. The van der Waals surface area contributed by atoms with Crippen LogP contribution in [0.4, 0.5) is 5.82 Å². The van der Waals surface area contributed by atoms with Crippen molar-refractivity contribution in [1.82, 2.24) is 8.75 Å². The zero-order valence-corrected chi connectivity index (χ0v) is 8.32. The van der Waals surface area contributed by atoms with E-state index in [4.69, 9.17) is 11.6 Å². The molecule has 0 atom stereocenters. The largest absolute Gasteiger partial charge is 0.366 e. The highest BCUT2D eigenvalue weighted by atomic mass is 35.5. The quantitative estimate of drug-likeness (QED) is 0.604. The average Bonchev–Trinajstić information content (AvgIpc) is 2.46. The lowest BCUT2D eigenvalue weighted by Gasteiger charge is -1.98. The normalized spacial score (nSPS) is 10.8. The van der Waals surface area contributed by atoms with Crippen LogP contribution in [0.5, 0.6) is 0 Å². The third-order valence-electron chi connectivity index (χ3n) is 1.29. The molecule has 5 heteroatoms. The molecule has 1 aromatic heterocycles. The van der Waals surface area contributed by atoms with Crippen LogP contribution in [0.25, 0.3) is 0 Å². The molecule has 66 valence electrons. The fourth-order valence-corrected chi connectivity index (χ4v) is 1.41. The lowest BCUT2D eigenvalue weighted by atomic mass is 10.4. The molecule has 0 aliphatic rings. The van der Waals surface area contributed by atoms with Gasteiger partial charge in [-0.25, -0.2) is 0 Å². The second kappa shape index (κ2) is 5.11. The molecular formula is C7H10ClN3S. The van der Waals surface area contributed by atoms with Gasteiger partial charge in [0.1, 0.15) is 0 Å². The topological polar surface area (TPSA) is 37.8 Å². The monoisotopic (exact) mass is 203 g/mol. The highest BCUT2D eigenvalue weighted by molar-refractivity contribution is 6.99. The Balaban J connectivity index is 2.28. The molecule has 0 aliphatic heterocycles. The molecule has 0 unspecified atom stereocenters. The molecule has 1 N–H and O–H groups in total. The Kier molecular flexibility index (Phi) is 4.04. The molecule has 0 fully saturated rings. The molecule has 0 aliphatic carbocycles. The number of anilines is 1. The van der Waals surface area contributed by atoms with Crippen LogP contribution >= 0.6 is 23.3 Å². The average molecular weight is 204 g/mol. The Morgan fingerprint density at radius 1 is 1.58 bits per heavy atom. The highest BCUT2D eigenvalue weighted by Gasteiger charge is 2.01. The van der Waals surface area contributed by atoms with Gasteiger partial charge in [-0.1, -0.05) is 23.8 Å². The Hall–Kier alpha value is -0.610. The maximum absolute atomic E-state index is 5.71. The van der Waals surface area contributed by atoms with E-state index < -0.39 is 0 Å². The zero-order chi connectivity index (χ0) is 8.81. The number of halogens is 1. The van der Waals surface area contributed by atoms with Crippen LogP contribution in [0.2, 0.25) is 5.15 Å². The van der Waals surface area contributed by atoms with E-state index in [1.54, 1.807) is 0 Å². The minimum atomic E-state index is 0.459. The van der Waals surface area contributed by atoms with Crippen molar-refractivity contribution in [3.63, 3.8) is 0 Å². The molecule has 0 spiro atoms. The van der Waals surface area contributed by atoms with Crippen molar-refractivity contribution in [2.24, 2.45) is 0 Å². The summed E-state index contributed by atoms with van der Waals surface area (Å²) in [6.45, 7) is 2.84. The number of hydrogen-bond acceptors (Lipinski definition) is 4. The van der Waals surface area contributed by atoms with Crippen molar-refractivity contribution < 1.29 is 0 Å². The summed E-state index contributed by atoms with van der Waals surface area (Å²) in [5, 5.41) is 3.54. The van der Waals surface area contributed by atoms with Crippen LogP contribution in [0, 0.1) is 0 Å². The van der Waals surface area contributed by atoms with Crippen molar-refractivity contribution in [2.45, 2.75) is 13.3 Å². The second-order valence-electron chi connectivity index (χ2n) is 2.19. The molecule has 0 saturated heterocycles. The smallest absolute Gasteiger partial charge is 0.186 e. The van der Waals surface area contributed by atoms with Crippen LogP contribution in [0.15, 0.2) is 12.2 Å². The number of allylic oxidation sites excluding steroid dienone is 1. The minimum Gasteiger partial charge on any atom is -0.366 e. The van der Waals surface area contributed by atoms with Gasteiger partial charge in [0, 0.05) is 6.54 Å². The third-order valence-corrected chi connectivity index (χ3v) is 2.18. The van der Waals surface area contributed by atoms with Gasteiger partial charge in [-0.3, -0.25) is 0 Å². The Labute approximate surface area is 80.8 Å². The summed E-state index contributed by atoms with van der Waals surface area (Å²) in [5.41, 5.74) is 0. The zero-order valence-electron chi connectivity index (χ0n) is 6.75. The van der Waals surface area contributed by atoms with Gasteiger partial charge in [0.2, 0.25) is 0 Å². The molecule has 0 amide bonds.